The van der Waals surface area contributed by atoms with Gasteiger partial charge in [0.05, 0.1) is 18.1 Å². The molecule has 2 saturated heterocycles. The zero-order chi connectivity index (χ0) is 18.6. The van der Waals surface area contributed by atoms with Crippen LogP contribution >= 0.6 is 0 Å². The van der Waals surface area contributed by atoms with Crippen LogP contribution in [0.1, 0.15) is 24.8 Å². The molecular weight excluding hydrogens is 354 g/mol. The average Bonchev–Trinajstić information content (AvgIpc) is 2.59. The summed E-state index contributed by atoms with van der Waals surface area (Å²) in [6.45, 7) is 2.32. The Morgan fingerprint density at radius 3 is 2.62 bits per heavy atom. The molecule has 3 rings (SSSR count). The average molecular weight is 379 g/mol. The lowest BCUT2D eigenvalue weighted by molar-refractivity contribution is -0.133. The number of nitrogens with zero attached hydrogens (tertiary/aromatic N) is 2. The predicted molar refractivity (Wildman–Crippen MR) is 99.4 cm³/mol. The molecule has 1 aromatic carbocycles. The van der Waals surface area contributed by atoms with Crippen molar-refractivity contribution in [1.29, 1.82) is 0 Å². The second kappa shape index (κ2) is 8.18. The number of anilines is 1. The number of likely N-dealkylation sites (tertiary alicyclic amines) is 1. The lowest BCUT2D eigenvalue weighted by Crippen LogP contribution is -2.43. The fourth-order valence-corrected chi connectivity index (χ4v) is 4.59. The molecule has 0 saturated carbocycles. The number of amides is 2. The van der Waals surface area contributed by atoms with Gasteiger partial charge in [-0.25, -0.2) is 8.42 Å². The number of nitrogens with one attached hydrogen (secondary N) is 1. The number of rotatable bonds is 5. The topological polar surface area (TPSA) is 86.8 Å². The predicted octanol–water partition coefficient (Wildman–Crippen LogP) is 0.868. The summed E-state index contributed by atoms with van der Waals surface area (Å²) in [6, 6.07) is 7.53. The third-order valence-electron chi connectivity index (χ3n) is 4.81. The molecule has 142 valence electrons. The number of hydrogen-bond acceptors (Lipinski definition) is 5. The summed E-state index contributed by atoms with van der Waals surface area (Å²) in [5.74, 6) is 0.250. The normalized spacial score (nSPS) is 20.8. The third-order valence-corrected chi connectivity index (χ3v) is 6.42. The van der Waals surface area contributed by atoms with Gasteiger partial charge in [-0.1, -0.05) is 12.1 Å². The van der Waals surface area contributed by atoms with E-state index in [0.29, 0.717) is 31.7 Å². The molecule has 2 heterocycles. The van der Waals surface area contributed by atoms with E-state index >= 15 is 0 Å². The summed E-state index contributed by atoms with van der Waals surface area (Å²) in [5.41, 5.74) is 1.68. The molecule has 1 N–H and O–H groups in total. The first-order valence-corrected chi connectivity index (χ1v) is 10.8. The molecular formula is C18H25N3O4S. The maximum Gasteiger partial charge on any atom is 0.238 e. The number of hydrogen-bond donors (Lipinski definition) is 1. The molecule has 0 bridgehead atoms. The standard InChI is InChI=1S/C18H25N3O4S/c22-17(14-20-8-10-26(24,25)11-9-20)19-16-5-3-4-15(12-16)13-21-7-2-1-6-18(21)23/h3-5,12H,1-2,6-11,13-14H2,(H,19,22). The van der Waals surface area contributed by atoms with Gasteiger partial charge < -0.3 is 10.2 Å². The molecule has 0 radical (unpaired) electrons. The van der Waals surface area contributed by atoms with Crippen LogP contribution < -0.4 is 5.32 Å². The molecule has 1 aromatic rings. The van der Waals surface area contributed by atoms with Crippen molar-refractivity contribution in [2.75, 3.05) is 43.0 Å². The van der Waals surface area contributed by atoms with E-state index in [1.807, 2.05) is 34.1 Å². The highest BCUT2D eigenvalue weighted by Gasteiger charge is 2.23. The largest absolute Gasteiger partial charge is 0.338 e. The zero-order valence-electron chi connectivity index (χ0n) is 14.8. The minimum atomic E-state index is -2.94. The minimum absolute atomic E-state index is 0.111. The van der Waals surface area contributed by atoms with Crippen LogP contribution in [-0.2, 0) is 26.0 Å². The number of benzene rings is 1. The van der Waals surface area contributed by atoms with Gasteiger partial charge in [0.25, 0.3) is 0 Å². The van der Waals surface area contributed by atoms with Gasteiger partial charge in [0.1, 0.15) is 0 Å². The van der Waals surface area contributed by atoms with Crippen molar-refractivity contribution in [2.24, 2.45) is 0 Å². The van der Waals surface area contributed by atoms with Crippen molar-refractivity contribution in [3.63, 3.8) is 0 Å². The number of piperidine rings is 1. The highest BCUT2D eigenvalue weighted by molar-refractivity contribution is 7.91. The SMILES string of the molecule is O=C(CN1CCS(=O)(=O)CC1)Nc1cccc(CN2CCCCC2=O)c1. The molecule has 26 heavy (non-hydrogen) atoms. The molecule has 0 spiro atoms. The van der Waals surface area contributed by atoms with Crippen molar-refractivity contribution in [2.45, 2.75) is 25.8 Å². The maximum absolute atomic E-state index is 12.2. The van der Waals surface area contributed by atoms with Crippen LogP contribution in [-0.4, -0.2) is 67.7 Å². The summed E-state index contributed by atoms with van der Waals surface area (Å²) in [6.07, 6.45) is 2.61. The molecule has 7 nitrogen and oxygen atoms in total. The summed E-state index contributed by atoms with van der Waals surface area (Å²) in [5, 5.41) is 2.87. The molecule has 0 atom stereocenters. The Balaban J connectivity index is 1.53. The lowest BCUT2D eigenvalue weighted by Gasteiger charge is -2.27. The Morgan fingerprint density at radius 1 is 1.12 bits per heavy atom. The van der Waals surface area contributed by atoms with Gasteiger partial charge in [-0.3, -0.25) is 14.5 Å². The van der Waals surface area contributed by atoms with Gasteiger partial charge in [-0.15, -0.1) is 0 Å². The van der Waals surface area contributed by atoms with E-state index in [1.165, 1.54) is 0 Å². The Bertz CT molecular complexity index is 764. The van der Waals surface area contributed by atoms with Crippen LogP contribution in [0.25, 0.3) is 0 Å². The molecule has 0 aliphatic carbocycles. The number of carbonyl (C=O) groups excluding carboxylic acids is 2. The fourth-order valence-electron chi connectivity index (χ4n) is 3.31. The van der Waals surface area contributed by atoms with Crippen LogP contribution in [0.5, 0.6) is 0 Å². The van der Waals surface area contributed by atoms with Crippen molar-refractivity contribution in [3.05, 3.63) is 29.8 Å². The van der Waals surface area contributed by atoms with E-state index in [4.69, 9.17) is 0 Å². The quantitative estimate of drug-likeness (QED) is 0.820. The Kier molecular flexibility index (Phi) is 5.93. The zero-order valence-corrected chi connectivity index (χ0v) is 15.6. The number of sulfone groups is 1. The Hall–Kier alpha value is -1.93. The minimum Gasteiger partial charge on any atom is -0.338 e. The van der Waals surface area contributed by atoms with Gasteiger partial charge >= 0.3 is 0 Å². The van der Waals surface area contributed by atoms with Crippen LogP contribution in [0.2, 0.25) is 0 Å². The molecule has 0 unspecified atom stereocenters. The summed E-state index contributed by atoms with van der Waals surface area (Å²) in [7, 11) is -2.94. The van der Waals surface area contributed by atoms with E-state index < -0.39 is 9.84 Å². The maximum atomic E-state index is 12.2. The van der Waals surface area contributed by atoms with Gasteiger partial charge in [0, 0.05) is 38.3 Å². The van der Waals surface area contributed by atoms with E-state index in [0.717, 1.165) is 24.9 Å². The third kappa shape index (κ3) is 5.28. The van der Waals surface area contributed by atoms with Crippen molar-refractivity contribution >= 4 is 27.3 Å². The molecule has 2 fully saturated rings. The molecule has 2 aliphatic rings. The fraction of sp³-hybridized carbons (Fsp3) is 0.556. The number of carbonyl (C=O) groups is 2. The Labute approximate surface area is 154 Å². The van der Waals surface area contributed by atoms with Gasteiger partial charge in [0.15, 0.2) is 9.84 Å². The monoisotopic (exact) mass is 379 g/mol. The first-order valence-electron chi connectivity index (χ1n) is 9.01. The van der Waals surface area contributed by atoms with Crippen LogP contribution in [0.4, 0.5) is 5.69 Å². The molecule has 0 aromatic heterocycles. The lowest BCUT2D eigenvalue weighted by atomic mass is 10.1. The second-order valence-corrected chi connectivity index (χ2v) is 9.25. The van der Waals surface area contributed by atoms with Crippen molar-refractivity contribution < 1.29 is 18.0 Å². The first-order chi connectivity index (χ1) is 12.4. The smallest absolute Gasteiger partial charge is 0.238 e. The Morgan fingerprint density at radius 2 is 1.88 bits per heavy atom. The summed E-state index contributed by atoms with van der Waals surface area (Å²) < 4.78 is 22.9. The summed E-state index contributed by atoms with van der Waals surface area (Å²) >= 11 is 0. The molecule has 2 amide bonds. The molecule has 2 aliphatic heterocycles. The highest BCUT2D eigenvalue weighted by Crippen LogP contribution is 2.17. The first kappa shape index (κ1) is 18.8. The van der Waals surface area contributed by atoms with E-state index in [-0.39, 0.29) is 29.9 Å². The van der Waals surface area contributed by atoms with Crippen LogP contribution in [0, 0.1) is 0 Å². The van der Waals surface area contributed by atoms with Crippen molar-refractivity contribution in [1.82, 2.24) is 9.80 Å². The van der Waals surface area contributed by atoms with Crippen molar-refractivity contribution in [3.8, 4) is 0 Å². The van der Waals surface area contributed by atoms with E-state index in [2.05, 4.69) is 5.32 Å². The van der Waals surface area contributed by atoms with Crippen LogP contribution in [0.3, 0.4) is 0 Å². The van der Waals surface area contributed by atoms with E-state index in [9.17, 15) is 18.0 Å². The molecule has 8 heteroatoms. The second-order valence-electron chi connectivity index (χ2n) is 6.95. The van der Waals surface area contributed by atoms with Crippen LogP contribution in [0.15, 0.2) is 24.3 Å². The van der Waals surface area contributed by atoms with E-state index in [1.54, 1.807) is 0 Å². The highest BCUT2D eigenvalue weighted by atomic mass is 32.2. The summed E-state index contributed by atoms with van der Waals surface area (Å²) in [4.78, 5) is 27.9. The van der Waals surface area contributed by atoms with Gasteiger partial charge in [0.2, 0.25) is 11.8 Å². The van der Waals surface area contributed by atoms with Gasteiger partial charge in [-0.05, 0) is 30.5 Å². The van der Waals surface area contributed by atoms with Gasteiger partial charge in [-0.2, -0.15) is 0 Å².